The number of carbonyl (C=O) groups excluding carboxylic acids is 1. The summed E-state index contributed by atoms with van der Waals surface area (Å²) in [5.74, 6) is 0.317. The van der Waals surface area contributed by atoms with Crippen LogP contribution in [0.5, 0.6) is 5.75 Å². The Hall–Kier alpha value is -1.59. The van der Waals surface area contributed by atoms with Crippen molar-refractivity contribution < 1.29 is 14.6 Å². The van der Waals surface area contributed by atoms with Gasteiger partial charge in [-0.1, -0.05) is 18.2 Å². The molecule has 5 nitrogen and oxygen atoms in total. The van der Waals surface area contributed by atoms with Crippen LogP contribution >= 0.6 is 0 Å². The predicted octanol–water partition coefficient (Wildman–Crippen LogP) is 1.37. The maximum atomic E-state index is 12.9. The lowest BCUT2D eigenvalue weighted by Crippen LogP contribution is -2.50. The third kappa shape index (κ3) is 3.54. The molecule has 1 heterocycles. The van der Waals surface area contributed by atoms with E-state index in [4.69, 9.17) is 4.74 Å². The molecule has 1 aliphatic heterocycles. The van der Waals surface area contributed by atoms with E-state index in [0.29, 0.717) is 13.2 Å². The number of aromatic hydroxyl groups is 1. The van der Waals surface area contributed by atoms with Gasteiger partial charge in [-0.25, -0.2) is 0 Å². The lowest BCUT2D eigenvalue weighted by Gasteiger charge is -2.38. The third-order valence-corrected chi connectivity index (χ3v) is 4.18. The zero-order valence-corrected chi connectivity index (χ0v) is 12.8. The minimum Gasteiger partial charge on any atom is -0.508 e. The topological polar surface area (TPSA) is 61.8 Å². The van der Waals surface area contributed by atoms with Crippen LogP contribution in [0.25, 0.3) is 0 Å². The summed E-state index contributed by atoms with van der Waals surface area (Å²) in [4.78, 5) is 14.6. The van der Waals surface area contributed by atoms with Gasteiger partial charge in [0.1, 0.15) is 5.75 Å². The molecular weight excluding hydrogens is 268 g/mol. The second-order valence-corrected chi connectivity index (χ2v) is 5.75. The number of hydrogen-bond donors (Lipinski definition) is 2. The van der Waals surface area contributed by atoms with Gasteiger partial charge in [0.15, 0.2) is 0 Å². The Morgan fingerprint density at radius 1 is 1.38 bits per heavy atom. The Labute approximate surface area is 125 Å². The highest BCUT2D eigenvalue weighted by molar-refractivity contribution is 5.83. The summed E-state index contributed by atoms with van der Waals surface area (Å²) < 4.78 is 5.31. The molecule has 2 N–H and O–H groups in total. The van der Waals surface area contributed by atoms with E-state index in [1.54, 1.807) is 31.2 Å². The highest BCUT2D eigenvalue weighted by Crippen LogP contribution is 2.32. The third-order valence-electron chi connectivity index (χ3n) is 4.18. The number of phenols is 1. The number of nitrogens with one attached hydrogen (secondary N) is 1. The lowest BCUT2D eigenvalue weighted by atomic mass is 9.78. The normalized spacial score (nSPS) is 17.4. The highest BCUT2D eigenvalue weighted by atomic mass is 16.5. The summed E-state index contributed by atoms with van der Waals surface area (Å²) in [7, 11) is 3.42. The summed E-state index contributed by atoms with van der Waals surface area (Å²) in [6.45, 7) is 2.52. The summed E-state index contributed by atoms with van der Waals surface area (Å²) >= 11 is 0. The summed E-state index contributed by atoms with van der Waals surface area (Å²) in [6.07, 6.45) is 1.57. The van der Waals surface area contributed by atoms with Crippen molar-refractivity contribution in [1.29, 1.82) is 0 Å². The molecule has 2 rings (SSSR count). The zero-order valence-electron chi connectivity index (χ0n) is 12.8. The number of rotatable bonds is 5. The summed E-state index contributed by atoms with van der Waals surface area (Å²) in [5.41, 5.74) is 0.314. The Kier molecular flexibility index (Phi) is 5.20. The van der Waals surface area contributed by atoms with Crippen molar-refractivity contribution in [1.82, 2.24) is 10.2 Å². The molecule has 0 bridgehead atoms. The number of methoxy groups -OCH3 is 1. The second-order valence-electron chi connectivity index (χ2n) is 5.75. The first kappa shape index (κ1) is 15.8. The second kappa shape index (κ2) is 6.91. The molecule has 0 aliphatic carbocycles. The van der Waals surface area contributed by atoms with Crippen LogP contribution in [0.15, 0.2) is 24.3 Å². The van der Waals surface area contributed by atoms with E-state index < -0.39 is 5.41 Å². The molecule has 0 spiro atoms. The van der Waals surface area contributed by atoms with Crippen molar-refractivity contribution in [2.45, 2.75) is 19.4 Å². The Balaban J connectivity index is 2.11. The van der Waals surface area contributed by atoms with Gasteiger partial charge in [0.25, 0.3) is 0 Å². The molecule has 1 saturated heterocycles. The molecule has 1 aromatic carbocycles. The smallest absolute Gasteiger partial charge is 0.231 e. The van der Waals surface area contributed by atoms with E-state index in [0.717, 1.165) is 31.5 Å². The van der Waals surface area contributed by atoms with Gasteiger partial charge in [0.05, 0.1) is 12.0 Å². The fourth-order valence-corrected chi connectivity index (χ4v) is 2.98. The molecule has 0 aromatic heterocycles. The first-order valence-electron chi connectivity index (χ1n) is 7.31. The highest BCUT2D eigenvalue weighted by Gasteiger charge is 2.41. The van der Waals surface area contributed by atoms with Crippen molar-refractivity contribution in [2.75, 3.05) is 33.9 Å². The number of phenolic OH excluding ortho intramolecular Hbond substituents is 1. The van der Waals surface area contributed by atoms with Gasteiger partial charge >= 0.3 is 0 Å². The molecule has 116 valence electrons. The molecule has 1 aromatic rings. The Morgan fingerprint density at radius 3 is 2.67 bits per heavy atom. The van der Waals surface area contributed by atoms with Crippen LogP contribution in [0, 0.1) is 5.41 Å². The molecule has 0 radical (unpaired) electrons. The van der Waals surface area contributed by atoms with Crippen molar-refractivity contribution in [3.63, 3.8) is 0 Å². The Bertz CT molecular complexity index is 479. The fourth-order valence-electron chi connectivity index (χ4n) is 2.98. The van der Waals surface area contributed by atoms with Crippen molar-refractivity contribution in [3.05, 3.63) is 29.8 Å². The molecule has 0 unspecified atom stereocenters. The number of carbonyl (C=O) groups is 1. The van der Waals surface area contributed by atoms with E-state index in [1.165, 1.54) is 0 Å². The van der Waals surface area contributed by atoms with Crippen LogP contribution in [0.3, 0.4) is 0 Å². The first-order valence-corrected chi connectivity index (χ1v) is 7.31. The number of para-hydroxylation sites is 1. The van der Waals surface area contributed by atoms with Gasteiger partial charge in [-0.2, -0.15) is 0 Å². The summed E-state index contributed by atoms with van der Waals surface area (Å²) in [5, 5.41) is 13.1. The van der Waals surface area contributed by atoms with Crippen molar-refractivity contribution >= 4 is 5.91 Å². The molecule has 0 saturated carbocycles. The first-order chi connectivity index (χ1) is 10.1. The van der Waals surface area contributed by atoms with Gasteiger partial charge in [0.2, 0.25) is 5.91 Å². The molecule has 21 heavy (non-hydrogen) atoms. The van der Waals surface area contributed by atoms with Crippen LogP contribution in [-0.4, -0.2) is 49.8 Å². The molecule has 1 amide bonds. The largest absolute Gasteiger partial charge is 0.508 e. The number of ether oxygens (including phenoxy) is 1. The van der Waals surface area contributed by atoms with E-state index in [9.17, 15) is 9.90 Å². The minimum absolute atomic E-state index is 0.0918. The number of hydrogen-bond acceptors (Lipinski definition) is 4. The molecular formula is C16H24N2O3. The van der Waals surface area contributed by atoms with Gasteiger partial charge < -0.3 is 20.1 Å². The van der Waals surface area contributed by atoms with Gasteiger partial charge in [0, 0.05) is 26.3 Å². The summed E-state index contributed by atoms with van der Waals surface area (Å²) in [6, 6.07) is 7.12. The van der Waals surface area contributed by atoms with E-state index >= 15 is 0 Å². The number of benzene rings is 1. The van der Waals surface area contributed by atoms with Crippen LogP contribution in [0.2, 0.25) is 0 Å². The van der Waals surface area contributed by atoms with E-state index in [2.05, 4.69) is 5.32 Å². The number of piperidine rings is 1. The Morgan fingerprint density at radius 2 is 2.05 bits per heavy atom. The zero-order chi connectivity index (χ0) is 15.3. The molecule has 0 atom stereocenters. The van der Waals surface area contributed by atoms with Gasteiger partial charge in [-0.05, 0) is 32.0 Å². The monoisotopic (exact) mass is 292 g/mol. The molecule has 1 fully saturated rings. The number of amides is 1. The fraction of sp³-hybridized carbons (Fsp3) is 0.562. The van der Waals surface area contributed by atoms with Gasteiger partial charge in [-0.3, -0.25) is 4.79 Å². The standard InChI is InChI=1S/C16H24N2O3/c1-18(11-13-5-3-4-6-14(13)19)15(20)16(12-21-2)7-9-17-10-8-16/h3-6,17,19H,7-12H2,1-2H3. The SMILES string of the molecule is COCC1(C(=O)N(C)Cc2ccccc2O)CCNCC1. The maximum Gasteiger partial charge on any atom is 0.231 e. The van der Waals surface area contributed by atoms with Crippen LogP contribution < -0.4 is 5.32 Å². The van der Waals surface area contributed by atoms with Crippen molar-refractivity contribution in [3.8, 4) is 5.75 Å². The van der Waals surface area contributed by atoms with E-state index in [-0.39, 0.29) is 11.7 Å². The van der Waals surface area contributed by atoms with Crippen LogP contribution in [0.4, 0.5) is 0 Å². The lowest BCUT2D eigenvalue weighted by molar-refractivity contribution is -0.146. The average molecular weight is 292 g/mol. The molecule has 5 heteroatoms. The van der Waals surface area contributed by atoms with Crippen molar-refractivity contribution in [2.24, 2.45) is 5.41 Å². The van der Waals surface area contributed by atoms with Crippen LogP contribution in [-0.2, 0) is 16.1 Å². The molecule has 1 aliphatic rings. The average Bonchev–Trinajstić information content (AvgIpc) is 2.50. The van der Waals surface area contributed by atoms with Gasteiger partial charge in [-0.15, -0.1) is 0 Å². The van der Waals surface area contributed by atoms with E-state index in [1.807, 2.05) is 12.1 Å². The quantitative estimate of drug-likeness (QED) is 0.860. The van der Waals surface area contributed by atoms with Crippen LogP contribution in [0.1, 0.15) is 18.4 Å². The number of nitrogens with zero attached hydrogens (tertiary/aromatic N) is 1. The minimum atomic E-state index is -0.445. The maximum absolute atomic E-state index is 12.9. The predicted molar refractivity (Wildman–Crippen MR) is 81.0 cm³/mol.